The van der Waals surface area contributed by atoms with Gasteiger partial charge in [-0.15, -0.1) is 0 Å². The molecule has 2 N–H and O–H groups in total. The van der Waals surface area contributed by atoms with E-state index in [2.05, 4.69) is 31.0 Å². The van der Waals surface area contributed by atoms with E-state index in [9.17, 15) is 8.42 Å². The molecule has 1 aromatic heterocycles. The highest BCUT2D eigenvalue weighted by atomic mass is 79.9. The van der Waals surface area contributed by atoms with Gasteiger partial charge in [-0.3, -0.25) is 0 Å². The summed E-state index contributed by atoms with van der Waals surface area (Å²) >= 11 is 3.38. The number of nitrogens with zero attached hydrogens (tertiary/aromatic N) is 1. The average molecular weight is 370 g/mol. The number of aromatic nitrogens is 1. The van der Waals surface area contributed by atoms with Crippen LogP contribution < -0.4 is 10.0 Å². The highest BCUT2D eigenvalue weighted by molar-refractivity contribution is 9.10. The Hall–Kier alpha value is -1.44. The molecule has 0 saturated carbocycles. The van der Waals surface area contributed by atoms with Crippen molar-refractivity contribution >= 4 is 31.8 Å². The van der Waals surface area contributed by atoms with Crippen LogP contribution in [-0.2, 0) is 10.0 Å². The standard InChI is InChI=1S/C14H16BrN3O2S/c1-10(11-5-3-6-12(15)9-11)18-21(19,20)13-7-4-8-17-14(13)16-2/h3-10,18H,1-2H3,(H,16,17). The topological polar surface area (TPSA) is 71.1 Å². The molecule has 0 spiro atoms. The first-order valence-electron chi connectivity index (χ1n) is 6.34. The summed E-state index contributed by atoms with van der Waals surface area (Å²) in [5.41, 5.74) is 0.878. The van der Waals surface area contributed by atoms with Gasteiger partial charge >= 0.3 is 0 Å². The Morgan fingerprint density at radius 2 is 2.00 bits per heavy atom. The van der Waals surface area contributed by atoms with Crippen LogP contribution in [0.4, 0.5) is 5.82 Å². The third-order valence-electron chi connectivity index (χ3n) is 2.98. The van der Waals surface area contributed by atoms with Crippen LogP contribution in [0, 0.1) is 0 Å². The highest BCUT2D eigenvalue weighted by Gasteiger charge is 2.21. The summed E-state index contributed by atoms with van der Waals surface area (Å²) < 4.78 is 28.5. The normalized spacial score (nSPS) is 12.9. The van der Waals surface area contributed by atoms with Crippen LogP contribution in [0.25, 0.3) is 0 Å². The molecule has 21 heavy (non-hydrogen) atoms. The Morgan fingerprint density at radius 1 is 1.24 bits per heavy atom. The predicted octanol–water partition coefficient (Wildman–Crippen LogP) is 2.93. The fraction of sp³-hybridized carbons (Fsp3) is 0.214. The SMILES string of the molecule is CNc1ncccc1S(=O)(=O)NC(C)c1cccc(Br)c1. The van der Waals surface area contributed by atoms with E-state index in [1.165, 1.54) is 6.07 Å². The van der Waals surface area contributed by atoms with Crippen LogP contribution in [0.1, 0.15) is 18.5 Å². The molecule has 0 aliphatic rings. The lowest BCUT2D eigenvalue weighted by Gasteiger charge is -2.16. The lowest BCUT2D eigenvalue weighted by molar-refractivity contribution is 0.567. The Labute approximate surface area is 133 Å². The van der Waals surface area contributed by atoms with Crippen molar-refractivity contribution < 1.29 is 8.42 Å². The number of pyridine rings is 1. The van der Waals surface area contributed by atoms with E-state index in [0.717, 1.165) is 10.0 Å². The van der Waals surface area contributed by atoms with Crippen LogP contribution in [0.3, 0.4) is 0 Å². The number of hydrogen-bond donors (Lipinski definition) is 2. The van der Waals surface area contributed by atoms with Crippen LogP contribution in [0.2, 0.25) is 0 Å². The molecule has 7 heteroatoms. The molecule has 1 heterocycles. The van der Waals surface area contributed by atoms with Gasteiger partial charge in [0.2, 0.25) is 10.0 Å². The molecule has 5 nitrogen and oxygen atoms in total. The van der Waals surface area contributed by atoms with Crippen LogP contribution in [0.15, 0.2) is 52.0 Å². The van der Waals surface area contributed by atoms with E-state index in [-0.39, 0.29) is 10.9 Å². The third kappa shape index (κ3) is 3.81. The third-order valence-corrected chi connectivity index (χ3v) is 5.04. The van der Waals surface area contributed by atoms with Gasteiger partial charge in [0, 0.05) is 23.8 Å². The molecule has 1 atom stereocenters. The smallest absolute Gasteiger partial charge is 0.244 e. The van der Waals surface area contributed by atoms with E-state index in [4.69, 9.17) is 0 Å². The average Bonchev–Trinajstić information content (AvgIpc) is 2.46. The zero-order chi connectivity index (χ0) is 15.5. The van der Waals surface area contributed by atoms with Gasteiger partial charge in [-0.1, -0.05) is 28.1 Å². The van der Waals surface area contributed by atoms with Crippen molar-refractivity contribution in [3.63, 3.8) is 0 Å². The summed E-state index contributed by atoms with van der Waals surface area (Å²) in [5.74, 6) is 0.325. The number of benzene rings is 1. The van der Waals surface area contributed by atoms with E-state index in [1.807, 2.05) is 24.3 Å². The Kier molecular flexibility index (Phi) is 4.97. The Balaban J connectivity index is 2.29. The minimum atomic E-state index is -3.65. The number of sulfonamides is 1. The molecule has 0 saturated heterocycles. The van der Waals surface area contributed by atoms with Crippen molar-refractivity contribution in [1.82, 2.24) is 9.71 Å². The quantitative estimate of drug-likeness (QED) is 0.849. The minimum Gasteiger partial charge on any atom is -0.372 e. The molecule has 0 amide bonds. The monoisotopic (exact) mass is 369 g/mol. The van der Waals surface area contributed by atoms with Gasteiger partial charge in [0.15, 0.2) is 0 Å². The zero-order valence-corrected chi connectivity index (χ0v) is 14.1. The van der Waals surface area contributed by atoms with Gasteiger partial charge in [-0.05, 0) is 36.8 Å². The van der Waals surface area contributed by atoms with E-state index < -0.39 is 10.0 Å². The molecule has 1 unspecified atom stereocenters. The van der Waals surface area contributed by atoms with Crippen molar-refractivity contribution in [2.24, 2.45) is 0 Å². The number of halogens is 1. The minimum absolute atomic E-state index is 0.134. The molecule has 2 rings (SSSR count). The second-order valence-corrected chi connectivity index (χ2v) is 7.10. The molecule has 0 bridgehead atoms. The maximum absolute atomic E-state index is 12.5. The molecule has 112 valence electrons. The summed E-state index contributed by atoms with van der Waals surface area (Å²) in [4.78, 5) is 4.15. The number of rotatable bonds is 5. The first-order chi connectivity index (χ1) is 9.94. The first-order valence-corrected chi connectivity index (χ1v) is 8.62. The van der Waals surface area contributed by atoms with Crippen molar-refractivity contribution in [2.75, 3.05) is 12.4 Å². The van der Waals surface area contributed by atoms with Crippen molar-refractivity contribution in [3.05, 3.63) is 52.6 Å². The molecule has 1 aromatic carbocycles. The van der Waals surface area contributed by atoms with Crippen LogP contribution >= 0.6 is 15.9 Å². The van der Waals surface area contributed by atoms with E-state index in [0.29, 0.717) is 5.82 Å². The van der Waals surface area contributed by atoms with E-state index in [1.54, 1.807) is 26.2 Å². The van der Waals surface area contributed by atoms with Crippen molar-refractivity contribution in [3.8, 4) is 0 Å². The maximum atomic E-state index is 12.5. The Bertz CT molecular complexity index is 735. The lowest BCUT2D eigenvalue weighted by Crippen LogP contribution is -2.27. The molecule has 2 aromatic rings. The van der Waals surface area contributed by atoms with E-state index >= 15 is 0 Å². The Morgan fingerprint density at radius 3 is 2.67 bits per heavy atom. The number of nitrogens with one attached hydrogen (secondary N) is 2. The number of anilines is 1. The second kappa shape index (κ2) is 6.55. The molecule has 0 aliphatic carbocycles. The van der Waals surface area contributed by atoms with Crippen LogP contribution in [-0.4, -0.2) is 20.4 Å². The largest absolute Gasteiger partial charge is 0.372 e. The molecular formula is C14H16BrN3O2S. The zero-order valence-electron chi connectivity index (χ0n) is 11.7. The predicted molar refractivity (Wildman–Crippen MR) is 86.7 cm³/mol. The number of hydrogen-bond acceptors (Lipinski definition) is 4. The van der Waals surface area contributed by atoms with Crippen molar-refractivity contribution in [2.45, 2.75) is 17.9 Å². The van der Waals surface area contributed by atoms with Gasteiger partial charge < -0.3 is 5.32 Å². The summed E-state index contributed by atoms with van der Waals surface area (Å²) in [5, 5.41) is 2.79. The highest BCUT2D eigenvalue weighted by Crippen LogP contribution is 2.22. The summed E-state index contributed by atoms with van der Waals surface area (Å²) in [6.07, 6.45) is 1.54. The molecular weight excluding hydrogens is 354 g/mol. The van der Waals surface area contributed by atoms with Crippen molar-refractivity contribution in [1.29, 1.82) is 0 Å². The lowest BCUT2D eigenvalue weighted by atomic mass is 10.1. The first kappa shape index (κ1) is 15.9. The second-order valence-electron chi connectivity index (χ2n) is 4.50. The van der Waals surface area contributed by atoms with Gasteiger partial charge in [0.1, 0.15) is 10.7 Å². The molecule has 0 fully saturated rings. The summed E-state index contributed by atoms with van der Waals surface area (Å²) in [7, 11) is -2.02. The maximum Gasteiger partial charge on any atom is 0.244 e. The van der Waals surface area contributed by atoms with Gasteiger partial charge in [-0.2, -0.15) is 0 Å². The van der Waals surface area contributed by atoms with Gasteiger partial charge in [0.25, 0.3) is 0 Å². The fourth-order valence-electron chi connectivity index (χ4n) is 1.94. The molecule has 0 aliphatic heterocycles. The summed E-state index contributed by atoms with van der Waals surface area (Å²) in [6.45, 7) is 1.80. The van der Waals surface area contributed by atoms with Crippen LogP contribution in [0.5, 0.6) is 0 Å². The van der Waals surface area contributed by atoms with Gasteiger partial charge in [0.05, 0.1) is 0 Å². The van der Waals surface area contributed by atoms with Gasteiger partial charge in [-0.25, -0.2) is 18.1 Å². The summed E-state index contributed by atoms with van der Waals surface area (Å²) in [6, 6.07) is 10.3. The molecule has 0 radical (unpaired) electrons. The fourth-order valence-corrected chi connectivity index (χ4v) is 3.75.